The van der Waals surface area contributed by atoms with Crippen molar-refractivity contribution in [2.24, 2.45) is 0 Å². The highest BCUT2D eigenvalue weighted by molar-refractivity contribution is 5.18. The van der Waals surface area contributed by atoms with Crippen molar-refractivity contribution in [3.63, 3.8) is 0 Å². The van der Waals surface area contributed by atoms with E-state index in [1.807, 2.05) is 6.92 Å². The smallest absolute Gasteiger partial charge is 0.127 e. The lowest BCUT2D eigenvalue weighted by molar-refractivity contribution is 0.117. The minimum absolute atomic E-state index is 0.0571. The zero-order valence-electron chi connectivity index (χ0n) is 8.89. The van der Waals surface area contributed by atoms with Gasteiger partial charge in [-0.1, -0.05) is 0 Å². The van der Waals surface area contributed by atoms with Crippen LogP contribution in [0.4, 0.5) is 8.78 Å². The van der Waals surface area contributed by atoms with Crippen LogP contribution >= 0.6 is 0 Å². The van der Waals surface area contributed by atoms with Gasteiger partial charge >= 0.3 is 0 Å². The van der Waals surface area contributed by atoms with Crippen LogP contribution in [-0.2, 0) is 11.3 Å². The molecule has 0 aliphatic heterocycles. The molecule has 0 heterocycles. The zero-order valence-corrected chi connectivity index (χ0v) is 8.89. The van der Waals surface area contributed by atoms with Gasteiger partial charge in [-0.05, 0) is 25.1 Å². The topological polar surface area (TPSA) is 21.3 Å². The van der Waals surface area contributed by atoms with E-state index in [4.69, 9.17) is 4.74 Å². The normalized spacial score (nSPS) is 12.8. The molecule has 0 radical (unpaired) electrons. The van der Waals surface area contributed by atoms with Gasteiger partial charge in [0.05, 0.1) is 6.10 Å². The van der Waals surface area contributed by atoms with Crippen LogP contribution in [0.1, 0.15) is 12.5 Å². The average molecular weight is 215 g/mol. The molecular weight excluding hydrogens is 200 g/mol. The maximum absolute atomic E-state index is 13.1. The Labute approximate surface area is 88.3 Å². The van der Waals surface area contributed by atoms with Gasteiger partial charge in [0, 0.05) is 25.8 Å². The number of benzene rings is 1. The van der Waals surface area contributed by atoms with Crippen molar-refractivity contribution in [2.75, 3.05) is 13.7 Å². The number of halogens is 2. The number of ether oxygens (including phenoxy) is 1. The Bertz CT molecular complexity index is 317. The van der Waals surface area contributed by atoms with Crippen LogP contribution in [0, 0.1) is 11.6 Å². The lowest BCUT2D eigenvalue weighted by Gasteiger charge is -2.11. The van der Waals surface area contributed by atoms with Crippen molar-refractivity contribution in [2.45, 2.75) is 19.6 Å². The number of rotatable bonds is 5. The van der Waals surface area contributed by atoms with E-state index < -0.39 is 11.6 Å². The van der Waals surface area contributed by atoms with Crippen LogP contribution in [0.25, 0.3) is 0 Å². The van der Waals surface area contributed by atoms with Gasteiger partial charge in [0.2, 0.25) is 0 Å². The van der Waals surface area contributed by atoms with Crippen molar-refractivity contribution in [1.29, 1.82) is 0 Å². The van der Waals surface area contributed by atoms with Crippen LogP contribution in [0.15, 0.2) is 18.2 Å². The van der Waals surface area contributed by atoms with Crippen molar-refractivity contribution >= 4 is 0 Å². The Kier molecular flexibility index (Phi) is 4.65. The summed E-state index contributed by atoms with van der Waals surface area (Å²) in [7, 11) is 1.61. The molecule has 0 aromatic heterocycles. The highest BCUT2D eigenvalue weighted by Crippen LogP contribution is 2.09. The SMILES string of the molecule is COC(C)CNCc1cc(F)ccc1F. The summed E-state index contributed by atoms with van der Waals surface area (Å²) in [6.07, 6.45) is 0.0571. The van der Waals surface area contributed by atoms with E-state index in [0.29, 0.717) is 18.7 Å². The van der Waals surface area contributed by atoms with Gasteiger partial charge < -0.3 is 10.1 Å². The van der Waals surface area contributed by atoms with Gasteiger partial charge in [0.25, 0.3) is 0 Å². The summed E-state index contributed by atoms with van der Waals surface area (Å²) in [6, 6.07) is 3.43. The molecule has 1 N–H and O–H groups in total. The molecule has 0 saturated heterocycles. The Hall–Kier alpha value is -1.00. The first-order valence-electron chi connectivity index (χ1n) is 4.81. The molecule has 1 aromatic carbocycles. The van der Waals surface area contributed by atoms with Crippen LogP contribution in [-0.4, -0.2) is 19.8 Å². The van der Waals surface area contributed by atoms with E-state index in [9.17, 15) is 8.78 Å². The van der Waals surface area contributed by atoms with Crippen molar-refractivity contribution in [1.82, 2.24) is 5.32 Å². The summed E-state index contributed by atoms with van der Waals surface area (Å²) in [5.74, 6) is -0.818. The van der Waals surface area contributed by atoms with Crippen LogP contribution < -0.4 is 5.32 Å². The van der Waals surface area contributed by atoms with E-state index in [0.717, 1.165) is 12.1 Å². The molecular formula is C11H15F2NO. The Morgan fingerprint density at radius 3 is 2.80 bits per heavy atom. The van der Waals surface area contributed by atoms with Gasteiger partial charge in [0.15, 0.2) is 0 Å². The summed E-state index contributed by atoms with van der Waals surface area (Å²) in [5.41, 5.74) is 0.332. The second-order valence-electron chi connectivity index (χ2n) is 3.41. The van der Waals surface area contributed by atoms with Crippen molar-refractivity contribution < 1.29 is 13.5 Å². The van der Waals surface area contributed by atoms with Crippen LogP contribution in [0.3, 0.4) is 0 Å². The lowest BCUT2D eigenvalue weighted by Crippen LogP contribution is -2.25. The molecule has 0 amide bonds. The first-order chi connectivity index (χ1) is 7.13. The van der Waals surface area contributed by atoms with E-state index in [2.05, 4.69) is 5.32 Å². The first kappa shape index (κ1) is 12.1. The summed E-state index contributed by atoms with van der Waals surface area (Å²) in [4.78, 5) is 0. The fourth-order valence-electron chi connectivity index (χ4n) is 1.17. The fourth-order valence-corrected chi connectivity index (χ4v) is 1.17. The molecule has 0 saturated carbocycles. The molecule has 1 aromatic rings. The third-order valence-corrected chi connectivity index (χ3v) is 2.16. The molecule has 1 unspecified atom stereocenters. The standard InChI is InChI=1S/C11H15F2NO/c1-8(15-2)6-14-7-9-5-10(12)3-4-11(9)13/h3-5,8,14H,6-7H2,1-2H3. The van der Waals surface area contributed by atoms with E-state index in [1.165, 1.54) is 6.07 Å². The van der Waals surface area contributed by atoms with Crippen LogP contribution in [0.5, 0.6) is 0 Å². The number of methoxy groups -OCH3 is 1. The second kappa shape index (κ2) is 5.78. The van der Waals surface area contributed by atoms with Crippen molar-refractivity contribution in [3.05, 3.63) is 35.4 Å². The minimum atomic E-state index is -0.423. The van der Waals surface area contributed by atoms with Crippen molar-refractivity contribution in [3.8, 4) is 0 Å². The number of nitrogens with one attached hydrogen (secondary N) is 1. The van der Waals surface area contributed by atoms with Gasteiger partial charge in [-0.15, -0.1) is 0 Å². The Morgan fingerprint density at radius 1 is 1.40 bits per heavy atom. The summed E-state index contributed by atoms with van der Waals surface area (Å²) in [5, 5.41) is 2.99. The molecule has 0 aliphatic rings. The third-order valence-electron chi connectivity index (χ3n) is 2.16. The Morgan fingerprint density at radius 2 is 2.13 bits per heavy atom. The Balaban J connectivity index is 2.46. The highest BCUT2D eigenvalue weighted by Gasteiger charge is 2.04. The molecule has 1 atom stereocenters. The average Bonchev–Trinajstić information content (AvgIpc) is 2.23. The van der Waals surface area contributed by atoms with Crippen LogP contribution in [0.2, 0.25) is 0 Å². The molecule has 1 rings (SSSR count). The third kappa shape index (κ3) is 3.93. The number of hydrogen-bond acceptors (Lipinski definition) is 2. The molecule has 84 valence electrons. The summed E-state index contributed by atoms with van der Waals surface area (Å²) >= 11 is 0. The molecule has 2 nitrogen and oxygen atoms in total. The summed E-state index contributed by atoms with van der Waals surface area (Å²) < 4.78 is 30.9. The zero-order chi connectivity index (χ0) is 11.3. The van der Waals surface area contributed by atoms with Gasteiger partial charge in [-0.25, -0.2) is 8.78 Å². The minimum Gasteiger partial charge on any atom is -0.380 e. The molecule has 15 heavy (non-hydrogen) atoms. The van der Waals surface area contributed by atoms with E-state index in [-0.39, 0.29) is 6.10 Å². The van der Waals surface area contributed by atoms with Gasteiger partial charge in [-0.2, -0.15) is 0 Å². The number of hydrogen-bond donors (Lipinski definition) is 1. The first-order valence-corrected chi connectivity index (χ1v) is 4.81. The van der Waals surface area contributed by atoms with Gasteiger partial charge in [-0.3, -0.25) is 0 Å². The highest BCUT2D eigenvalue weighted by atomic mass is 19.1. The van der Waals surface area contributed by atoms with E-state index in [1.54, 1.807) is 7.11 Å². The predicted octanol–water partition coefficient (Wildman–Crippen LogP) is 2.09. The van der Waals surface area contributed by atoms with E-state index >= 15 is 0 Å². The molecule has 0 bridgehead atoms. The fraction of sp³-hybridized carbons (Fsp3) is 0.455. The monoisotopic (exact) mass is 215 g/mol. The molecule has 0 fully saturated rings. The maximum atomic E-state index is 13.1. The second-order valence-corrected chi connectivity index (χ2v) is 3.41. The lowest BCUT2D eigenvalue weighted by atomic mass is 10.2. The molecule has 0 spiro atoms. The molecule has 0 aliphatic carbocycles. The maximum Gasteiger partial charge on any atom is 0.127 e. The molecule has 4 heteroatoms. The quantitative estimate of drug-likeness (QED) is 0.812. The van der Waals surface area contributed by atoms with Gasteiger partial charge in [0.1, 0.15) is 11.6 Å². The largest absolute Gasteiger partial charge is 0.380 e. The predicted molar refractivity (Wildman–Crippen MR) is 54.5 cm³/mol. The summed E-state index contributed by atoms with van der Waals surface area (Å²) in [6.45, 7) is 2.80.